The average molecular weight is 341 g/mol. The molecule has 0 atom stereocenters. The molecule has 0 amide bonds. The van der Waals surface area contributed by atoms with Crippen molar-refractivity contribution < 1.29 is 14.8 Å². The van der Waals surface area contributed by atoms with Crippen LogP contribution in [0.15, 0.2) is 11.8 Å². The Hall–Kier alpha value is -1.39. The summed E-state index contributed by atoms with van der Waals surface area (Å²) in [5.74, 6) is -0.801. The minimum Gasteiger partial charge on any atom is -0.481 e. The second-order valence-electron chi connectivity index (χ2n) is 6.52. The Labute approximate surface area is 146 Å². The number of carboxylic acid groups (broad SMARTS) is 1. The molecule has 0 aromatic heterocycles. The van der Waals surface area contributed by atoms with E-state index in [-0.39, 0.29) is 11.3 Å². The van der Waals surface area contributed by atoms with Crippen molar-refractivity contribution >= 4 is 5.97 Å². The third-order valence-electron chi connectivity index (χ3n) is 4.25. The van der Waals surface area contributed by atoms with Gasteiger partial charge in [-0.05, 0) is 31.8 Å². The number of nitro groups is 1. The van der Waals surface area contributed by atoms with Crippen LogP contribution in [0.2, 0.25) is 0 Å². The first kappa shape index (κ1) is 22.6. The van der Waals surface area contributed by atoms with Gasteiger partial charge in [-0.2, -0.15) is 0 Å². The fourth-order valence-electron chi connectivity index (χ4n) is 2.75. The Kier molecular flexibility index (Phi) is 15.5. The number of hydrogen-bond donors (Lipinski definition) is 1. The van der Waals surface area contributed by atoms with E-state index in [1.54, 1.807) is 6.08 Å². The Balaban J connectivity index is 3.66. The average Bonchev–Trinajstić information content (AvgIpc) is 2.53. The van der Waals surface area contributed by atoms with E-state index in [1.807, 2.05) is 0 Å². The minimum absolute atomic E-state index is 0.149. The Morgan fingerprint density at radius 1 is 0.875 bits per heavy atom. The molecule has 0 spiro atoms. The van der Waals surface area contributed by atoms with Crippen molar-refractivity contribution in [2.24, 2.45) is 0 Å². The number of hydrogen-bond acceptors (Lipinski definition) is 3. The molecule has 0 saturated heterocycles. The predicted octanol–water partition coefficient (Wildman–Crippen LogP) is 6.10. The first-order valence-corrected chi connectivity index (χ1v) is 9.63. The molecule has 0 rings (SSSR count). The van der Waals surface area contributed by atoms with E-state index in [9.17, 15) is 14.9 Å². The van der Waals surface area contributed by atoms with Crippen molar-refractivity contribution in [1.29, 1.82) is 0 Å². The van der Waals surface area contributed by atoms with Crippen LogP contribution in [-0.2, 0) is 4.79 Å². The second-order valence-corrected chi connectivity index (χ2v) is 6.52. The molecule has 1 N–H and O–H groups in total. The maximum absolute atomic E-state index is 11.0. The van der Waals surface area contributed by atoms with Crippen LogP contribution < -0.4 is 0 Å². The molecular weight excluding hydrogens is 306 g/mol. The molecule has 0 aliphatic carbocycles. The SMILES string of the molecule is CCCCCCCCCCC/C=C(\CCCCCC(=O)O)[N+](=O)[O-]. The molecule has 0 bridgehead atoms. The number of unbranched alkanes of at least 4 members (excludes halogenated alkanes) is 11. The summed E-state index contributed by atoms with van der Waals surface area (Å²) >= 11 is 0. The Morgan fingerprint density at radius 3 is 1.92 bits per heavy atom. The highest BCUT2D eigenvalue weighted by Gasteiger charge is 2.09. The summed E-state index contributed by atoms with van der Waals surface area (Å²) in [6.07, 6.45) is 16.4. The minimum atomic E-state index is -0.801. The van der Waals surface area contributed by atoms with Crippen molar-refractivity contribution in [1.82, 2.24) is 0 Å². The Bertz CT molecular complexity index is 366. The van der Waals surface area contributed by atoms with Crippen LogP contribution in [0.25, 0.3) is 0 Å². The molecule has 140 valence electrons. The smallest absolute Gasteiger partial charge is 0.303 e. The van der Waals surface area contributed by atoms with Gasteiger partial charge in [-0.15, -0.1) is 0 Å². The molecule has 0 aliphatic rings. The first-order valence-electron chi connectivity index (χ1n) is 9.63. The summed E-state index contributed by atoms with van der Waals surface area (Å²) in [5, 5.41) is 19.6. The number of rotatable bonds is 17. The van der Waals surface area contributed by atoms with Crippen molar-refractivity contribution in [3.63, 3.8) is 0 Å². The van der Waals surface area contributed by atoms with E-state index in [0.29, 0.717) is 25.0 Å². The highest BCUT2D eigenvalue weighted by Crippen LogP contribution is 2.14. The number of carboxylic acids is 1. The monoisotopic (exact) mass is 341 g/mol. The lowest BCUT2D eigenvalue weighted by Gasteiger charge is -2.02. The van der Waals surface area contributed by atoms with E-state index < -0.39 is 5.97 Å². The highest BCUT2D eigenvalue weighted by molar-refractivity contribution is 5.66. The van der Waals surface area contributed by atoms with Gasteiger partial charge in [-0.1, -0.05) is 64.7 Å². The number of nitrogens with zero attached hydrogens (tertiary/aromatic N) is 1. The van der Waals surface area contributed by atoms with Crippen molar-refractivity contribution in [3.05, 3.63) is 21.9 Å². The lowest BCUT2D eigenvalue weighted by atomic mass is 10.1. The van der Waals surface area contributed by atoms with Gasteiger partial charge >= 0.3 is 5.97 Å². The van der Waals surface area contributed by atoms with E-state index in [1.165, 1.54) is 44.9 Å². The largest absolute Gasteiger partial charge is 0.481 e. The molecular formula is C19H35NO4. The third-order valence-corrected chi connectivity index (χ3v) is 4.25. The zero-order valence-electron chi connectivity index (χ0n) is 15.3. The van der Waals surface area contributed by atoms with Crippen LogP contribution in [0, 0.1) is 10.1 Å². The van der Waals surface area contributed by atoms with Crippen LogP contribution in [-0.4, -0.2) is 16.0 Å². The van der Waals surface area contributed by atoms with Gasteiger partial charge in [0.05, 0.1) is 4.92 Å². The van der Waals surface area contributed by atoms with Crippen LogP contribution in [0.3, 0.4) is 0 Å². The van der Waals surface area contributed by atoms with E-state index >= 15 is 0 Å². The summed E-state index contributed by atoms with van der Waals surface area (Å²) in [4.78, 5) is 21.1. The molecule has 5 nitrogen and oxygen atoms in total. The molecule has 0 aromatic carbocycles. The third kappa shape index (κ3) is 15.5. The van der Waals surface area contributed by atoms with Gasteiger partial charge in [0, 0.05) is 12.8 Å². The zero-order chi connectivity index (χ0) is 18.0. The Morgan fingerprint density at radius 2 is 1.38 bits per heavy atom. The molecule has 0 aliphatic heterocycles. The van der Waals surface area contributed by atoms with E-state index in [4.69, 9.17) is 5.11 Å². The quantitative estimate of drug-likeness (QED) is 0.197. The van der Waals surface area contributed by atoms with Crippen molar-refractivity contribution in [3.8, 4) is 0 Å². The van der Waals surface area contributed by atoms with Crippen molar-refractivity contribution in [2.75, 3.05) is 0 Å². The summed E-state index contributed by atoms with van der Waals surface area (Å²) < 4.78 is 0. The van der Waals surface area contributed by atoms with Crippen LogP contribution in [0.1, 0.15) is 103 Å². The normalized spacial score (nSPS) is 11.6. The summed E-state index contributed by atoms with van der Waals surface area (Å²) in [6, 6.07) is 0. The van der Waals surface area contributed by atoms with Gasteiger partial charge in [0.2, 0.25) is 5.70 Å². The fourth-order valence-corrected chi connectivity index (χ4v) is 2.75. The summed E-state index contributed by atoms with van der Waals surface area (Å²) in [6.45, 7) is 2.22. The van der Waals surface area contributed by atoms with E-state index in [2.05, 4.69) is 6.92 Å². The fraction of sp³-hybridized carbons (Fsp3) is 0.842. The second kappa shape index (κ2) is 16.5. The van der Waals surface area contributed by atoms with Gasteiger partial charge in [-0.3, -0.25) is 14.9 Å². The van der Waals surface area contributed by atoms with Gasteiger partial charge in [0.15, 0.2) is 0 Å². The van der Waals surface area contributed by atoms with Gasteiger partial charge in [0.25, 0.3) is 0 Å². The van der Waals surface area contributed by atoms with E-state index in [0.717, 1.165) is 25.7 Å². The van der Waals surface area contributed by atoms with Gasteiger partial charge in [-0.25, -0.2) is 0 Å². The van der Waals surface area contributed by atoms with Crippen LogP contribution in [0.4, 0.5) is 0 Å². The van der Waals surface area contributed by atoms with Gasteiger partial charge in [0.1, 0.15) is 0 Å². The summed E-state index contributed by atoms with van der Waals surface area (Å²) in [7, 11) is 0. The van der Waals surface area contributed by atoms with Gasteiger partial charge < -0.3 is 5.11 Å². The van der Waals surface area contributed by atoms with Crippen LogP contribution >= 0.6 is 0 Å². The maximum Gasteiger partial charge on any atom is 0.303 e. The molecule has 24 heavy (non-hydrogen) atoms. The standard InChI is InChI=1S/C19H35NO4/c1-2-3-4-5-6-7-8-9-10-12-15-18(20(23)24)16-13-11-14-17-19(21)22/h15H,2-14,16-17H2,1H3,(H,21,22)/b18-15+. The highest BCUT2D eigenvalue weighted by atomic mass is 16.6. The topological polar surface area (TPSA) is 80.4 Å². The molecule has 0 saturated carbocycles. The lowest BCUT2D eigenvalue weighted by Crippen LogP contribution is -1.99. The van der Waals surface area contributed by atoms with Crippen molar-refractivity contribution in [2.45, 2.75) is 103 Å². The first-order chi connectivity index (χ1) is 11.6. The molecule has 0 heterocycles. The molecule has 0 radical (unpaired) electrons. The molecule has 0 aromatic rings. The molecule has 0 fully saturated rings. The number of allylic oxidation sites excluding steroid dienone is 2. The number of aliphatic carboxylic acids is 1. The number of carbonyl (C=O) groups is 1. The van der Waals surface area contributed by atoms with Crippen LogP contribution in [0.5, 0.6) is 0 Å². The summed E-state index contributed by atoms with van der Waals surface area (Å²) in [5.41, 5.74) is 0.296. The maximum atomic E-state index is 11.0. The molecule has 0 unspecified atom stereocenters. The predicted molar refractivity (Wildman–Crippen MR) is 97.6 cm³/mol. The zero-order valence-corrected chi connectivity index (χ0v) is 15.3. The molecule has 5 heteroatoms. The lowest BCUT2D eigenvalue weighted by molar-refractivity contribution is -0.428.